The molecule has 11 aromatic carbocycles. The molecule has 0 unspecified atom stereocenters. The van der Waals surface area contributed by atoms with Gasteiger partial charge in [0.15, 0.2) is 0 Å². The Bertz CT molecular complexity index is 3800. The van der Waals surface area contributed by atoms with Crippen LogP contribution in [0.3, 0.4) is 0 Å². The van der Waals surface area contributed by atoms with E-state index in [1.54, 1.807) is 0 Å². The first-order valence-corrected chi connectivity index (χ1v) is 19.9. The molecule has 0 amide bonds. The van der Waals surface area contributed by atoms with Crippen molar-refractivity contribution in [1.82, 2.24) is 0 Å². The Kier molecular flexibility index (Phi) is 6.47. The Morgan fingerprint density at radius 2 is 0.586 bits per heavy atom. The van der Waals surface area contributed by atoms with Crippen molar-refractivity contribution in [2.75, 3.05) is 0 Å². The minimum Gasteiger partial charge on any atom is -0.456 e. The molecule has 2 heteroatoms. The van der Waals surface area contributed by atoms with Crippen LogP contribution in [-0.4, -0.2) is 0 Å². The van der Waals surface area contributed by atoms with Gasteiger partial charge in [0, 0.05) is 21.5 Å². The molecule has 0 aliphatic rings. The summed E-state index contributed by atoms with van der Waals surface area (Å²) >= 11 is 0. The van der Waals surface area contributed by atoms with Gasteiger partial charge < -0.3 is 8.83 Å². The van der Waals surface area contributed by atoms with Gasteiger partial charge in [-0.15, -0.1) is 0 Å². The lowest BCUT2D eigenvalue weighted by molar-refractivity contribution is 0.664. The Hall–Kier alpha value is -7.68. The van der Waals surface area contributed by atoms with Crippen LogP contribution in [0.5, 0.6) is 0 Å². The van der Waals surface area contributed by atoms with Crippen LogP contribution in [0.15, 0.2) is 203 Å². The molecule has 0 spiro atoms. The molecular formula is C56H32O2. The number of fused-ring (bicyclic) bond motifs is 11. The minimum atomic E-state index is 0.875. The molecular weight excluding hydrogens is 705 g/mol. The summed E-state index contributed by atoms with van der Waals surface area (Å²) in [5, 5.41) is 16.7. The summed E-state index contributed by atoms with van der Waals surface area (Å²) in [4.78, 5) is 0. The van der Waals surface area contributed by atoms with Crippen molar-refractivity contribution in [3.63, 3.8) is 0 Å². The van der Waals surface area contributed by atoms with Crippen molar-refractivity contribution >= 4 is 97.7 Å². The molecule has 0 saturated carbocycles. The lowest BCUT2D eigenvalue weighted by Gasteiger charge is -2.18. The molecule has 0 N–H and O–H groups in total. The maximum absolute atomic E-state index is 6.44. The molecule has 0 aliphatic heterocycles. The number of para-hydroxylation sites is 1. The van der Waals surface area contributed by atoms with Crippen LogP contribution in [0.25, 0.3) is 131 Å². The molecule has 0 radical (unpaired) electrons. The minimum absolute atomic E-state index is 0.875. The van der Waals surface area contributed by atoms with Gasteiger partial charge in [-0.2, -0.15) is 0 Å². The van der Waals surface area contributed by atoms with E-state index in [-0.39, 0.29) is 0 Å². The average Bonchev–Trinajstić information content (AvgIpc) is 3.82. The third kappa shape index (κ3) is 4.66. The van der Waals surface area contributed by atoms with E-state index in [1.165, 1.54) is 81.9 Å². The van der Waals surface area contributed by atoms with Crippen LogP contribution in [0.2, 0.25) is 0 Å². The van der Waals surface area contributed by atoms with Gasteiger partial charge in [0.05, 0.1) is 0 Å². The molecule has 2 nitrogen and oxygen atoms in total. The molecule has 0 bridgehead atoms. The first-order chi connectivity index (χ1) is 28.7. The number of rotatable bonds is 3. The highest BCUT2D eigenvalue weighted by Gasteiger charge is 2.18. The third-order valence-electron chi connectivity index (χ3n) is 12.4. The summed E-state index contributed by atoms with van der Waals surface area (Å²) in [5.41, 5.74) is 10.9. The molecule has 0 aliphatic carbocycles. The van der Waals surface area contributed by atoms with E-state index in [1.807, 2.05) is 18.2 Å². The van der Waals surface area contributed by atoms with Crippen LogP contribution in [-0.2, 0) is 0 Å². The van der Waals surface area contributed by atoms with Gasteiger partial charge in [-0.1, -0.05) is 140 Å². The number of benzene rings is 11. The predicted molar refractivity (Wildman–Crippen MR) is 245 cm³/mol. The summed E-state index contributed by atoms with van der Waals surface area (Å²) in [6, 6.07) is 70.7. The molecule has 13 rings (SSSR count). The number of hydrogen-bond donors (Lipinski definition) is 0. The maximum Gasteiger partial charge on any atom is 0.136 e. The molecule has 0 saturated heterocycles. The fourth-order valence-electron chi connectivity index (χ4n) is 9.59. The highest BCUT2D eigenvalue weighted by atomic mass is 16.3. The van der Waals surface area contributed by atoms with Crippen molar-refractivity contribution < 1.29 is 8.83 Å². The lowest BCUT2D eigenvalue weighted by Crippen LogP contribution is -1.91. The van der Waals surface area contributed by atoms with Crippen molar-refractivity contribution in [2.45, 2.75) is 0 Å². The highest BCUT2D eigenvalue weighted by Crippen LogP contribution is 2.45. The third-order valence-corrected chi connectivity index (χ3v) is 12.4. The highest BCUT2D eigenvalue weighted by molar-refractivity contribution is 6.22. The Morgan fingerprint density at radius 1 is 0.207 bits per heavy atom. The summed E-state index contributed by atoms with van der Waals surface area (Å²) in [5.74, 6) is 0. The summed E-state index contributed by atoms with van der Waals surface area (Å²) in [6.45, 7) is 0. The Morgan fingerprint density at radius 3 is 1.21 bits per heavy atom. The quantitative estimate of drug-likeness (QED) is 0.169. The van der Waals surface area contributed by atoms with Gasteiger partial charge in [-0.25, -0.2) is 0 Å². The number of hydrogen-bond acceptors (Lipinski definition) is 2. The van der Waals surface area contributed by atoms with Crippen LogP contribution >= 0.6 is 0 Å². The predicted octanol–water partition coefficient (Wildman–Crippen LogP) is 16.3. The molecule has 2 aromatic heterocycles. The second-order valence-corrected chi connectivity index (χ2v) is 15.6. The topological polar surface area (TPSA) is 26.3 Å². The fourth-order valence-corrected chi connectivity index (χ4v) is 9.59. The van der Waals surface area contributed by atoms with E-state index in [4.69, 9.17) is 8.83 Å². The first kappa shape index (κ1) is 31.5. The molecule has 0 fully saturated rings. The second-order valence-electron chi connectivity index (χ2n) is 15.6. The van der Waals surface area contributed by atoms with Crippen molar-refractivity contribution in [1.29, 1.82) is 0 Å². The van der Waals surface area contributed by atoms with Crippen LogP contribution in [0, 0.1) is 0 Å². The summed E-state index contributed by atoms with van der Waals surface area (Å²) < 4.78 is 12.7. The van der Waals surface area contributed by atoms with E-state index in [9.17, 15) is 0 Å². The van der Waals surface area contributed by atoms with Crippen LogP contribution in [0.1, 0.15) is 0 Å². The molecule has 0 atom stereocenters. The van der Waals surface area contributed by atoms with Gasteiger partial charge in [0.1, 0.15) is 22.3 Å². The van der Waals surface area contributed by atoms with E-state index in [0.29, 0.717) is 0 Å². The van der Waals surface area contributed by atoms with Crippen molar-refractivity contribution in [2.24, 2.45) is 0 Å². The Labute approximate surface area is 332 Å². The molecule has 268 valence electrons. The van der Waals surface area contributed by atoms with Gasteiger partial charge >= 0.3 is 0 Å². The first-order valence-electron chi connectivity index (χ1n) is 19.9. The maximum atomic E-state index is 6.44. The zero-order valence-electron chi connectivity index (χ0n) is 31.3. The molecule has 13 aromatic rings. The largest absolute Gasteiger partial charge is 0.456 e. The normalized spacial score (nSPS) is 12.1. The summed E-state index contributed by atoms with van der Waals surface area (Å²) in [7, 11) is 0. The summed E-state index contributed by atoms with van der Waals surface area (Å²) in [6.07, 6.45) is 0. The van der Waals surface area contributed by atoms with Gasteiger partial charge in [-0.3, -0.25) is 0 Å². The van der Waals surface area contributed by atoms with E-state index in [0.717, 1.165) is 49.3 Å². The average molecular weight is 737 g/mol. The van der Waals surface area contributed by atoms with Crippen LogP contribution < -0.4 is 0 Å². The van der Waals surface area contributed by atoms with Crippen LogP contribution in [0.4, 0.5) is 0 Å². The molecule has 58 heavy (non-hydrogen) atoms. The smallest absolute Gasteiger partial charge is 0.136 e. The number of furan rings is 2. The van der Waals surface area contributed by atoms with Crippen molar-refractivity contribution in [3.8, 4) is 33.4 Å². The van der Waals surface area contributed by atoms with Gasteiger partial charge in [0.25, 0.3) is 0 Å². The standard InChI is InChI=1S/C56H32O2/c1-2-10-34-26-40(23-17-33(34)9-1)55-44-12-3-5-14-46(44)56(47-15-6-4-13-45(47)55)41-24-22-36-25-35(18-19-37(36)27-41)38-20-21-39-30-52-48(29-42(39)28-38)50-32-53-49(31-54(50)58-52)43-11-7-8-16-51(43)57-53/h1-32H. The monoisotopic (exact) mass is 736 g/mol. The zero-order chi connectivity index (χ0) is 37.9. The lowest BCUT2D eigenvalue weighted by atomic mass is 9.85. The van der Waals surface area contributed by atoms with Gasteiger partial charge in [-0.05, 0) is 142 Å². The fraction of sp³-hybridized carbons (Fsp3) is 0. The molecule has 2 heterocycles. The van der Waals surface area contributed by atoms with E-state index < -0.39 is 0 Å². The Balaban J connectivity index is 0.916. The van der Waals surface area contributed by atoms with Gasteiger partial charge in [0.2, 0.25) is 0 Å². The van der Waals surface area contributed by atoms with E-state index in [2.05, 4.69) is 176 Å². The van der Waals surface area contributed by atoms with Crippen molar-refractivity contribution in [3.05, 3.63) is 194 Å². The SMILES string of the molecule is c1ccc2cc(-c3c4ccccc4c(-c4ccc5cc(-c6ccc7cc8oc9cc%10c(cc9c8cc7c6)oc6ccccc6%10)ccc5c4)c4ccccc34)ccc2c1. The van der Waals surface area contributed by atoms with E-state index >= 15 is 0 Å². The zero-order valence-corrected chi connectivity index (χ0v) is 31.3. The second kappa shape index (κ2) is 11.9.